The molecule has 0 radical (unpaired) electrons. The molecule has 0 fully saturated rings. The molecule has 0 bridgehead atoms. The average Bonchev–Trinajstić information content (AvgIpc) is 2.77. The van der Waals surface area contributed by atoms with E-state index in [-0.39, 0.29) is 17.9 Å². The van der Waals surface area contributed by atoms with Gasteiger partial charge in [-0.15, -0.1) is 0 Å². The third kappa shape index (κ3) is 7.29. The van der Waals surface area contributed by atoms with Crippen molar-refractivity contribution in [2.45, 2.75) is 79.2 Å². The number of carbonyl (C=O) groups is 1. The van der Waals surface area contributed by atoms with E-state index >= 15 is 0 Å². The van der Waals surface area contributed by atoms with Crippen molar-refractivity contribution >= 4 is 27.9 Å². The van der Waals surface area contributed by atoms with Crippen LogP contribution in [0.5, 0.6) is 0 Å². The minimum absolute atomic E-state index is 0.188. The van der Waals surface area contributed by atoms with E-state index in [0.29, 0.717) is 0 Å². The van der Waals surface area contributed by atoms with Gasteiger partial charge in [0.15, 0.2) is 0 Å². The van der Waals surface area contributed by atoms with Crippen LogP contribution in [0.2, 0.25) is 13.3 Å². The van der Waals surface area contributed by atoms with Crippen LogP contribution in [0.15, 0.2) is 47.3 Å². The molecule has 2 rings (SSSR count). The van der Waals surface area contributed by atoms with Crippen molar-refractivity contribution in [1.29, 1.82) is 0 Å². The Hall–Kier alpha value is -1.56. The first-order valence-corrected chi connectivity index (χ1v) is 19.0. The van der Waals surface area contributed by atoms with E-state index in [0.717, 1.165) is 5.56 Å². The molecule has 4 nitrogen and oxygen atoms in total. The number of hydrogen-bond acceptors (Lipinski definition) is 3. The normalized spacial score (nSPS) is 11.4. The van der Waals surface area contributed by atoms with Crippen LogP contribution >= 0.6 is 0 Å². The van der Waals surface area contributed by atoms with E-state index in [9.17, 15) is 9.59 Å². The fourth-order valence-corrected chi connectivity index (χ4v) is 20.0. The van der Waals surface area contributed by atoms with Crippen molar-refractivity contribution < 1.29 is 9.53 Å². The Bertz CT molecular complexity index is 807. The van der Waals surface area contributed by atoms with Crippen molar-refractivity contribution in [2.24, 2.45) is 0 Å². The van der Waals surface area contributed by atoms with E-state index in [2.05, 4.69) is 50.0 Å². The molecule has 2 aromatic rings. The summed E-state index contributed by atoms with van der Waals surface area (Å²) in [5.41, 5.74) is 0.879. The van der Waals surface area contributed by atoms with E-state index in [1.807, 2.05) is 0 Å². The second-order valence-electron chi connectivity index (χ2n) is 8.29. The number of pyridine rings is 1. The van der Waals surface area contributed by atoms with E-state index < -0.39 is 24.3 Å². The molecular weight excluding hydrogens is 481 g/mol. The molecule has 5 heteroatoms. The topological polar surface area (TPSA) is 59.2 Å². The predicted molar refractivity (Wildman–Crippen MR) is 127 cm³/mol. The standard InChI is InChI=1S/C13H10NO3.3C4H9.Sn/c15-12-8-4-7-11(14-12)13(16)17-9-10-5-2-1-3-6-10;3*1-3-4-2;/h2-8H,9H2,(H,14,15);3*1,3-4H2,2H3;. The summed E-state index contributed by atoms with van der Waals surface area (Å²) in [5.74, 6) is -0.501. The number of nitrogens with one attached hydrogen (secondary N) is 1. The fourth-order valence-electron chi connectivity index (χ4n) is 4.10. The first kappa shape index (κ1) is 24.7. The van der Waals surface area contributed by atoms with E-state index in [1.165, 1.54) is 57.9 Å². The predicted octanol–water partition coefficient (Wildman–Crippen LogP) is 5.79. The SMILES string of the molecule is CCC[CH2][Sn]([CH2]CCC)([CH2]CCC)[c]1ccc(COC(=O)c2cccc(=O)[nH]2)cc1. The van der Waals surface area contributed by atoms with E-state index in [1.54, 1.807) is 15.7 Å². The molecule has 30 heavy (non-hydrogen) atoms. The zero-order valence-corrected chi connectivity index (χ0v) is 21.7. The summed E-state index contributed by atoms with van der Waals surface area (Å²) in [6.07, 6.45) is 7.85. The number of H-pyrrole nitrogens is 1. The zero-order chi connectivity index (χ0) is 21.8. The Labute approximate surface area is 185 Å². The Balaban J connectivity index is 2.12. The molecule has 0 saturated carbocycles. The number of aromatic nitrogens is 1. The van der Waals surface area contributed by atoms with Crippen LogP contribution in [0.1, 0.15) is 75.3 Å². The summed E-state index contributed by atoms with van der Waals surface area (Å²) in [5, 5.41) is 0. The maximum atomic E-state index is 12.2. The molecule has 164 valence electrons. The Morgan fingerprint density at radius 1 is 0.867 bits per heavy atom. The molecule has 0 amide bonds. The second-order valence-corrected chi connectivity index (χ2v) is 21.5. The van der Waals surface area contributed by atoms with Crippen LogP contribution in [-0.4, -0.2) is 29.3 Å². The van der Waals surface area contributed by atoms with Crippen molar-refractivity contribution in [1.82, 2.24) is 4.98 Å². The van der Waals surface area contributed by atoms with Gasteiger partial charge in [-0.1, -0.05) is 0 Å². The Kier molecular flexibility index (Phi) is 10.7. The molecule has 1 aromatic carbocycles. The summed E-state index contributed by atoms with van der Waals surface area (Å²) >= 11 is -2.41. The van der Waals surface area contributed by atoms with Gasteiger partial charge in [-0.05, 0) is 0 Å². The Morgan fingerprint density at radius 3 is 1.93 bits per heavy atom. The summed E-state index contributed by atoms with van der Waals surface area (Å²) in [6, 6.07) is 13.4. The van der Waals surface area contributed by atoms with Crippen molar-refractivity contribution in [3.8, 4) is 0 Å². The van der Waals surface area contributed by atoms with Crippen LogP contribution in [0.3, 0.4) is 0 Å². The van der Waals surface area contributed by atoms with Gasteiger partial charge in [0, 0.05) is 0 Å². The number of rotatable bonds is 13. The minimum atomic E-state index is -2.41. The first-order chi connectivity index (χ1) is 14.5. The van der Waals surface area contributed by atoms with Crippen LogP contribution in [-0.2, 0) is 11.3 Å². The number of esters is 1. The number of benzene rings is 1. The molecule has 0 aliphatic rings. The molecule has 0 saturated heterocycles. The van der Waals surface area contributed by atoms with Gasteiger partial charge in [0.1, 0.15) is 0 Å². The number of ether oxygens (including phenoxy) is 1. The molecule has 1 heterocycles. The molecule has 0 aliphatic carbocycles. The van der Waals surface area contributed by atoms with Gasteiger partial charge in [-0.25, -0.2) is 0 Å². The number of carbonyl (C=O) groups excluding carboxylic acids is 1. The van der Waals surface area contributed by atoms with Crippen LogP contribution in [0.25, 0.3) is 0 Å². The third-order valence-electron chi connectivity index (χ3n) is 5.95. The third-order valence-corrected chi connectivity index (χ3v) is 21.6. The quantitative estimate of drug-likeness (QED) is 0.270. The zero-order valence-electron chi connectivity index (χ0n) is 18.8. The Morgan fingerprint density at radius 2 is 1.43 bits per heavy atom. The molecule has 0 spiro atoms. The summed E-state index contributed by atoms with van der Waals surface area (Å²) in [4.78, 5) is 26.0. The van der Waals surface area contributed by atoms with Gasteiger partial charge in [-0.3, -0.25) is 0 Å². The summed E-state index contributed by atoms with van der Waals surface area (Å²) < 4.78 is 11.4. The molecular formula is C25H37NO3Sn. The van der Waals surface area contributed by atoms with Gasteiger partial charge >= 0.3 is 186 Å². The van der Waals surface area contributed by atoms with Gasteiger partial charge in [-0.2, -0.15) is 0 Å². The number of hydrogen-bond donors (Lipinski definition) is 1. The summed E-state index contributed by atoms with van der Waals surface area (Å²) in [7, 11) is 0. The number of aromatic amines is 1. The van der Waals surface area contributed by atoms with Gasteiger partial charge in [0.25, 0.3) is 0 Å². The molecule has 1 aromatic heterocycles. The first-order valence-electron chi connectivity index (χ1n) is 11.5. The van der Waals surface area contributed by atoms with Crippen molar-refractivity contribution in [2.75, 3.05) is 0 Å². The van der Waals surface area contributed by atoms with Crippen LogP contribution in [0, 0.1) is 0 Å². The molecule has 0 unspecified atom stereocenters. The average molecular weight is 518 g/mol. The number of unbranched alkanes of at least 4 members (excludes halogenated alkanes) is 3. The van der Waals surface area contributed by atoms with Gasteiger partial charge in [0.05, 0.1) is 0 Å². The monoisotopic (exact) mass is 519 g/mol. The molecule has 1 N–H and O–H groups in total. The van der Waals surface area contributed by atoms with Gasteiger partial charge < -0.3 is 0 Å². The summed E-state index contributed by atoms with van der Waals surface area (Å²) in [6.45, 7) is 7.12. The van der Waals surface area contributed by atoms with Crippen LogP contribution in [0.4, 0.5) is 0 Å². The van der Waals surface area contributed by atoms with Crippen molar-refractivity contribution in [3.05, 3.63) is 64.1 Å². The second kappa shape index (κ2) is 13.0. The maximum absolute atomic E-state index is 12.2. The van der Waals surface area contributed by atoms with E-state index in [4.69, 9.17) is 4.74 Å². The molecule has 0 atom stereocenters. The fraction of sp³-hybridized carbons (Fsp3) is 0.520. The molecule has 0 aliphatic heterocycles. The van der Waals surface area contributed by atoms with Crippen molar-refractivity contribution in [3.63, 3.8) is 0 Å². The van der Waals surface area contributed by atoms with Crippen LogP contribution < -0.4 is 9.14 Å². The van der Waals surface area contributed by atoms with Gasteiger partial charge in [0.2, 0.25) is 0 Å².